The van der Waals surface area contributed by atoms with E-state index in [4.69, 9.17) is 5.73 Å². The largest absolute Gasteiger partial charge is 0.349 e. The van der Waals surface area contributed by atoms with Crippen molar-refractivity contribution >= 4 is 5.91 Å². The van der Waals surface area contributed by atoms with Gasteiger partial charge in [0.25, 0.3) is 0 Å². The summed E-state index contributed by atoms with van der Waals surface area (Å²) in [4.78, 5) is 14.9. The molecule has 34 heavy (non-hydrogen) atoms. The molecule has 0 aromatic heterocycles. The zero-order chi connectivity index (χ0) is 25.3. The van der Waals surface area contributed by atoms with Gasteiger partial charge < -0.3 is 16.0 Å². The van der Waals surface area contributed by atoms with E-state index in [2.05, 4.69) is 62.2 Å². The van der Waals surface area contributed by atoms with E-state index < -0.39 is 5.54 Å². The summed E-state index contributed by atoms with van der Waals surface area (Å²) in [6.07, 6.45) is 2.52. The van der Waals surface area contributed by atoms with Crippen LogP contribution in [0, 0.1) is 5.82 Å². The number of carbonyl (C=O) groups is 1. The number of nitrogens with one attached hydrogen (secondary N) is 1. The number of nitrogens with zero attached hydrogens (tertiary/aromatic N) is 1. The highest BCUT2D eigenvalue weighted by Crippen LogP contribution is 2.28. The van der Waals surface area contributed by atoms with Crippen LogP contribution < -0.4 is 11.1 Å². The Morgan fingerprint density at radius 2 is 1.47 bits per heavy atom. The van der Waals surface area contributed by atoms with Crippen molar-refractivity contribution in [1.29, 1.82) is 0 Å². The maximum Gasteiger partial charge on any atom is 0.239 e. The molecule has 0 aliphatic carbocycles. The Kier molecular flexibility index (Phi) is 10.1. The Bertz CT molecular complexity index is 1000. The van der Waals surface area contributed by atoms with Gasteiger partial charge in [-0.2, -0.15) is 0 Å². The number of allylic oxidation sites excluding steroid dienone is 3. The molecule has 2 aromatic carbocycles. The Balaban J connectivity index is 2.57. The maximum absolute atomic E-state index is 13.6. The summed E-state index contributed by atoms with van der Waals surface area (Å²) in [6.45, 7) is 12.9. The molecule has 0 spiro atoms. The fourth-order valence-electron chi connectivity index (χ4n) is 3.67. The van der Waals surface area contributed by atoms with Crippen molar-refractivity contribution in [1.82, 2.24) is 10.2 Å². The first-order valence-electron chi connectivity index (χ1n) is 12.1. The zero-order valence-electron chi connectivity index (χ0n) is 21.5. The minimum atomic E-state index is -0.963. The van der Waals surface area contributed by atoms with E-state index in [0.717, 1.165) is 30.5 Å². The van der Waals surface area contributed by atoms with E-state index in [1.807, 2.05) is 18.2 Å². The summed E-state index contributed by atoms with van der Waals surface area (Å²) in [5.74, 6) is -0.450. The smallest absolute Gasteiger partial charge is 0.239 e. The molecule has 184 valence electrons. The Hall–Kier alpha value is -2.92. The third-order valence-electron chi connectivity index (χ3n) is 6.17. The second-order valence-electron chi connectivity index (χ2n) is 9.44. The van der Waals surface area contributed by atoms with Crippen molar-refractivity contribution in [3.63, 3.8) is 0 Å². The van der Waals surface area contributed by atoms with Gasteiger partial charge in [0, 0.05) is 24.4 Å². The first-order valence-corrected chi connectivity index (χ1v) is 12.1. The van der Waals surface area contributed by atoms with Crippen LogP contribution in [-0.4, -0.2) is 22.9 Å². The third kappa shape index (κ3) is 7.84. The van der Waals surface area contributed by atoms with Gasteiger partial charge >= 0.3 is 0 Å². The molecule has 2 rings (SSSR count). The SMILES string of the molecule is CCC(C)=C(Cc1ccccc1)N(Cc1ccc(F)cc1)/C(CNC(=O)C(C)(C)N)=C(\C)CC. The van der Waals surface area contributed by atoms with Crippen LogP contribution in [0.2, 0.25) is 0 Å². The molecule has 4 nitrogen and oxygen atoms in total. The first kappa shape index (κ1) is 27.3. The minimum Gasteiger partial charge on any atom is -0.349 e. The van der Waals surface area contributed by atoms with Crippen LogP contribution in [0.5, 0.6) is 0 Å². The van der Waals surface area contributed by atoms with Gasteiger partial charge in [0.15, 0.2) is 0 Å². The number of hydrogen-bond acceptors (Lipinski definition) is 3. The van der Waals surface area contributed by atoms with Gasteiger partial charge in [0.05, 0.1) is 12.1 Å². The molecule has 0 aliphatic heterocycles. The molecule has 0 atom stereocenters. The molecule has 0 saturated heterocycles. The number of carbonyl (C=O) groups excluding carboxylic acids is 1. The highest BCUT2D eigenvalue weighted by Gasteiger charge is 2.24. The van der Waals surface area contributed by atoms with E-state index in [1.165, 1.54) is 34.5 Å². The van der Waals surface area contributed by atoms with Gasteiger partial charge in [-0.25, -0.2) is 4.39 Å². The topological polar surface area (TPSA) is 58.4 Å². The van der Waals surface area contributed by atoms with Gasteiger partial charge in [-0.15, -0.1) is 0 Å². The predicted molar refractivity (Wildman–Crippen MR) is 139 cm³/mol. The minimum absolute atomic E-state index is 0.198. The van der Waals surface area contributed by atoms with Gasteiger partial charge in [-0.05, 0) is 63.8 Å². The van der Waals surface area contributed by atoms with Crippen molar-refractivity contribution in [3.05, 3.63) is 94.1 Å². The second kappa shape index (κ2) is 12.5. The van der Waals surface area contributed by atoms with Crippen LogP contribution in [0.3, 0.4) is 0 Å². The van der Waals surface area contributed by atoms with Crippen LogP contribution in [0.1, 0.15) is 65.5 Å². The van der Waals surface area contributed by atoms with Gasteiger partial charge in [0.2, 0.25) is 5.91 Å². The number of rotatable bonds is 11. The molecule has 5 heteroatoms. The van der Waals surface area contributed by atoms with E-state index in [1.54, 1.807) is 13.8 Å². The lowest BCUT2D eigenvalue weighted by molar-refractivity contribution is -0.125. The summed E-state index contributed by atoms with van der Waals surface area (Å²) < 4.78 is 13.6. The fourth-order valence-corrected chi connectivity index (χ4v) is 3.67. The lowest BCUT2D eigenvalue weighted by atomic mass is 10.0. The van der Waals surface area contributed by atoms with E-state index in [0.29, 0.717) is 13.1 Å². The van der Waals surface area contributed by atoms with Crippen molar-refractivity contribution < 1.29 is 9.18 Å². The Morgan fingerprint density at radius 1 is 0.912 bits per heavy atom. The van der Waals surface area contributed by atoms with E-state index >= 15 is 0 Å². The average Bonchev–Trinajstić information content (AvgIpc) is 2.82. The molecule has 0 radical (unpaired) electrons. The van der Waals surface area contributed by atoms with Crippen LogP contribution in [0.25, 0.3) is 0 Å². The monoisotopic (exact) mass is 465 g/mol. The molecule has 1 amide bonds. The molecule has 2 aromatic rings. The van der Waals surface area contributed by atoms with Gasteiger partial charge in [-0.3, -0.25) is 4.79 Å². The summed E-state index contributed by atoms with van der Waals surface area (Å²) in [6, 6.07) is 17.0. The Morgan fingerprint density at radius 3 is 2.00 bits per heavy atom. The number of benzene rings is 2. The van der Waals surface area contributed by atoms with Crippen molar-refractivity contribution in [2.24, 2.45) is 5.73 Å². The lowest BCUT2D eigenvalue weighted by Crippen LogP contribution is -2.50. The highest BCUT2D eigenvalue weighted by molar-refractivity contribution is 5.85. The molecule has 0 saturated carbocycles. The predicted octanol–water partition coefficient (Wildman–Crippen LogP) is 6.09. The molecule has 3 N–H and O–H groups in total. The molecular formula is C29H40FN3O. The Labute approximate surface area is 204 Å². The van der Waals surface area contributed by atoms with Crippen LogP contribution in [-0.2, 0) is 17.8 Å². The molecule has 0 bridgehead atoms. The number of hydrogen-bond donors (Lipinski definition) is 2. The van der Waals surface area contributed by atoms with Crippen molar-refractivity contribution in [2.75, 3.05) is 6.54 Å². The fraction of sp³-hybridized carbons (Fsp3) is 0.414. The summed E-state index contributed by atoms with van der Waals surface area (Å²) in [5.41, 5.74) is 12.0. The van der Waals surface area contributed by atoms with Crippen molar-refractivity contribution in [3.8, 4) is 0 Å². The molecule has 0 heterocycles. The maximum atomic E-state index is 13.6. The summed E-state index contributed by atoms with van der Waals surface area (Å²) >= 11 is 0. The normalized spacial score (nSPS) is 13.2. The molecule has 0 aliphatic rings. The van der Waals surface area contributed by atoms with Crippen LogP contribution in [0.4, 0.5) is 4.39 Å². The number of halogens is 1. The highest BCUT2D eigenvalue weighted by atomic mass is 19.1. The van der Waals surface area contributed by atoms with Crippen LogP contribution in [0.15, 0.2) is 77.1 Å². The second-order valence-corrected chi connectivity index (χ2v) is 9.44. The molecule has 0 fully saturated rings. The summed E-state index contributed by atoms with van der Waals surface area (Å²) in [7, 11) is 0. The van der Waals surface area contributed by atoms with Crippen molar-refractivity contribution in [2.45, 2.75) is 72.9 Å². The quantitative estimate of drug-likeness (QED) is 0.422. The molecule has 0 unspecified atom stereocenters. The summed E-state index contributed by atoms with van der Waals surface area (Å²) in [5, 5.41) is 3.04. The standard InChI is InChI=1S/C29H40FN3O/c1-7-21(3)26(18-23-12-10-9-11-13-23)33(20-24-14-16-25(30)17-15-24)27(22(4)8-2)19-32-28(34)29(5,6)31/h9-17H,7-8,18-20,31H2,1-6H3,(H,32,34)/b26-21?,27-22+. The zero-order valence-corrected chi connectivity index (χ0v) is 21.5. The number of nitrogens with two attached hydrogens (primary N) is 1. The molecular weight excluding hydrogens is 425 g/mol. The number of amides is 1. The van der Waals surface area contributed by atoms with Crippen LogP contribution >= 0.6 is 0 Å². The van der Waals surface area contributed by atoms with Gasteiger partial charge in [0.1, 0.15) is 5.82 Å². The average molecular weight is 466 g/mol. The lowest BCUT2D eigenvalue weighted by Gasteiger charge is -2.34. The van der Waals surface area contributed by atoms with E-state index in [-0.39, 0.29) is 11.7 Å². The first-order chi connectivity index (χ1) is 16.1. The third-order valence-corrected chi connectivity index (χ3v) is 6.17. The van der Waals surface area contributed by atoms with E-state index in [9.17, 15) is 9.18 Å². The van der Waals surface area contributed by atoms with Gasteiger partial charge in [-0.1, -0.05) is 67.5 Å².